The normalized spacial score (nSPS) is 32.7. The highest BCUT2D eigenvalue weighted by molar-refractivity contribution is 8.03. The number of piperidine rings is 2. The summed E-state index contributed by atoms with van der Waals surface area (Å²) in [5, 5.41) is 20.3. The number of aliphatic hydroxyl groups excluding tert-OH is 1. The lowest BCUT2D eigenvalue weighted by atomic mass is 9.79. The van der Waals surface area contributed by atoms with Crippen molar-refractivity contribution in [3.05, 3.63) is 22.9 Å². The summed E-state index contributed by atoms with van der Waals surface area (Å²) in [6, 6.07) is -0.228. The number of carboxylic acid groups (broad SMARTS) is 1. The van der Waals surface area contributed by atoms with E-state index in [-0.39, 0.29) is 23.6 Å². The molecule has 178 valence electrons. The predicted molar refractivity (Wildman–Crippen MR) is 126 cm³/mol. The molecule has 0 bridgehead atoms. The highest BCUT2D eigenvalue weighted by atomic mass is 32.2. The molecule has 4 aliphatic rings. The number of rotatable bonds is 7. The first-order valence-corrected chi connectivity index (χ1v) is 12.8. The molecular formula is C24H37N3O4S. The summed E-state index contributed by atoms with van der Waals surface area (Å²) < 4.78 is 0. The van der Waals surface area contributed by atoms with Crippen LogP contribution >= 0.6 is 11.8 Å². The number of nitrogens with zero attached hydrogens (tertiary/aromatic N) is 3. The number of hydrogen-bond donors (Lipinski definition) is 2. The van der Waals surface area contributed by atoms with Crippen LogP contribution in [0.2, 0.25) is 0 Å². The second-order valence-corrected chi connectivity index (χ2v) is 11.4. The van der Waals surface area contributed by atoms with E-state index < -0.39 is 18.0 Å². The van der Waals surface area contributed by atoms with E-state index in [1.54, 1.807) is 18.7 Å². The zero-order valence-corrected chi connectivity index (χ0v) is 20.3. The molecule has 0 saturated carbocycles. The minimum Gasteiger partial charge on any atom is -0.477 e. The van der Waals surface area contributed by atoms with Gasteiger partial charge in [-0.3, -0.25) is 4.79 Å². The molecule has 0 aromatic carbocycles. The predicted octanol–water partition coefficient (Wildman–Crippen LogP) is 2.58. The SMILES string of the molecule is C=C(C)N1CCC(CN2CCC[C@@H](SC3=C(C(=O)O)N4C(=O)[C@H]([C@@H](C)O)[C@H]4[C@H]3C)C2)CC1. The van der Waals surface area contributed by atoms with Crippen molar-refractivity contribution in [1.29, 1.82) is 0 Å². The zero-order valence-electron chi connectivity index (χ0n) is 19.5. The lowest BCUT2D eigenvalue weighted by Crippen LogP contribution is -2.63. The fourth-order valence-electron chi connectivity index (χ4n) is 6.00. The van der Waals surface area contributed by atoms with Crippen LogP contribution in [0, 0.1) is 17.8 Å². The minimum absolute atomic E-state index is 0.0507. The van der Waals surface area contributed by atoms with Crippen molar-refractivity contribution in [1.82, 2.24) is 14.7 Å². The van der Waals surface area contributed by atoms with Crippen LogP contribution in [0.15, 0.2) is 22.9 Å². The molecule has 1 amide bonds. The molecule has 4 heterocycles. The Kier molecular flexibility index (Phi) is 6.94. The van der Waals surface area contributed by atoms with Crippen molar-refractivity contribution >= 4 is 23.6 Å². The first-order valence-electron chi connectivity index (χ1n) is 12.0. The molecule has 0 spiro atoms. The largest absolute Gasteiger partial charge is 0.477 e. The number of carboxylic acids is 1. The average Bonchev–Trinajstić information content (AvgIpc) is 2.97. The Labute approximate surface area is 195 Å². The minimum atomic E-state index is -1.03. The van der Waals surface area contributed by atoms with Crippen molar-refractivity contribution in [3.63, 3.8) is 0 Å². The van der Waals surface area contributed by atoms with Crippen molar-refractivity contribution < 1.29 is 19.8 Å². The van der Waals surface area contributed by atoms with E-state index in [2.05, 4.69) is 23.3 Å². The van der Waals surface area contributed by atoms with Gasteiger partial charge < -0.3 is 24.9 Å². The molecule has 32 heavy (non-hydrogen) atoms. The maximum atomic E-state index is 12.6. The van der Waals surface area contributed by atoms with Gasteiger partial charge in [-0.15, -0.1) is 11.8 Å². The Bertz CT molecular complexity index is 805. The van der Waals surface area contributed by atoms with E-state index >= 15 is 0 Å². The molecule has 5 atom stereocenters. The molecular weight excluding hydrogens is 426 g/mol. The highest BCUT2D eigenvalue weighted by Crippen LogP contribution is 2.51. The van der Waals surface area contributed by atoms with Gasteiger partial charge in [0, 0.05) is 47.9 Å². The molecule has 3 fully saturated rings. The number of carbonyl (C=O) groups is 2. The van der Waals surface area contributed by atoms with Gasteiger partial charge >= 0.3 is 5.97 Å². The van der Waals surface area contributed by atoms with Crippen molar-refractivity contribution in [2.45, 2.75) is 63.9 Å². The van der Waals surface area contributed by atoms with Gasteiger partial charge in [0.2, 0.25) is 5.91 Å². The van der Waals surface area contributed by atoms with E-state index in [1.807, 2.05) is 6.92 Å². The molecule has 7 nitrogen and oxygen atoms in total. The van der Waals surface area contributed by atoms with E-state index in [9.17, 15) is 19.8 Å². The Morgan fingerprint density at radius 3 is 2.53 bits per heavy atom. The highest BCUT2D eigenvalue weighted by Gasteiger charge is 2.60. The number of carbonyl (C=O) groups excluding carboxylic acids is 1. The van der Waals surface area contributed by atoms with Gasteiger partial charge in [-0.05, 0) is 52.0 Å². The summed E-state index contributed by atoms with van der Waals surface area (Å²) in [6.07, 6.45) is 3.83. The van der Waals surface area contributed by atoms with Crippen LogP contribution in [0.3, 0.4) is 0 Å². The summed E-state index contributed by atoms with van der Waals surface area (Å²) >= 11 is 1.67. The number of likely N-dealkylation sites (tertiary alicyclic amines) is 2. The van der Waals surface area contributed by atoms with Crippen LogP contribution in [0.4, 0.5) is 0 Å². The van der Waals surface area contributed by atoms with Crippen molar-refractivity contribution in [2.24, 2.45) is 17.8 Å². The Morgan fingerprint density at radius 2 is 1.94 bits per heavy atom. The van der Waals surface area contributed by atoms with E-state index in [0.29, 0.717) is 11.2 Å². The zero-order chi connectivity index (χ0) is 23.2. The summed E-state index contributed by atoms with van der Waals surface area (Å²) in [5.41, 5.74) is 1.31. The Balaban J connectivity index is 1.39. The lowest BCUT2D eigenvalue weighted by Gasteiger charge is -2.46. The van der Waals surface area contributed by atoms with Crippen LogP contribution in [0.1, 0.15) is 46.5 Å². The van der Waals surface area contributed by atoms with Crippen LogP contribution in [0.5, 0.6) is 0 Å². The number of β-lactam (4-membered cyclic amide) rings is 1. The molecule has 2 N–H and O–H groups in total. The number of aliphatic carboxylic acids is 1. The third-order valence-electron chi connectivity index (χ3n) is 7.74. The first kappa shape index (κ1) is 23.6. The van der Waals surface area contributed by atoms with E-state index in [1.165, 1.54) is 17.7 Å². The Hall–Kier alpha value is -1.51. The third-order valence-corrected chi connectivity index (χ3v) is 9.27. The van der Waals surface area contributed by atoms with Crippen LogP contribution in [0.25, 0.3) is 0 Å². The van der Waals surface area contributed by atoms with Gasteiger partial charge in [0.15, 0.2) is 0 Å². The molecule has 4 aliphatic heterocycles. The lowest BCUT2D eigenvalue weighted by molar-refractivity contribution is -0.163. The maximum absolute atomic E-state index is 12.6. The number of thioether (sulfide) groups is 1. The number of aliphatic hydroxyl groups is 1. The molecule has 0 unspecified atom stereocenters. The maximum Gasteiger partial charge on any atom is 0.353 e. The second kappa shape index (κ2) is 9.39. The molecule has 8 heteroatoms. The fourth-order valence-corrected chi connectivity index (χ4v) is 7.58. The average molecular weight is 464 g/mol. The number of fused-ring (bicyclic) bond motifs is 1. The summed E-state index contributed by atoms with van der Waals surface area (Å²) in [5.74, 6) is -1.12. The first-order chi connectivity index (χ1) is 15.2. The van der Waals surface area contributed by atoms with Gasteiger partial charge in [-0.25, -0.2) is 4.79 Å². The molecule has 0 aromatic rings. The molecule has 0 aliphatic carbocycles. The quantitative estimate of drug-likeness (QED) is 0.562. The monoisotopic (exact) mass is 463 g/mol. The van der Waals surface area contributed by atoms with Gasteiger partial charge in [0.05, 0.1) is 18.1 Å². The van der Waals surface area contributed by atoms with Crippen LogP contribution < -0.4 is 0 Å². The fraction of sp³-hybridized carbons (Fsp3) is 0.750. The molecule has 3 saturated heterocycles. The summed E-state index contributed by atoms with van der Waals surface area (Å²) in [4.78, 5) is 31.8. The van der Waals surface area contributed by atoms with Gasteiger partial charge in [-0.1, -0.05) is 13.5 Å². The molecule has 0 aromatic heterocycles. The van der Waals surface area contributed by atoms with E-state index in [4.69, 9.17) is 0 Å². The Morgan fingerprint density at radius 1 is 1.25 bits per heavy atom. The standard InChI is InChI=1S/C24H37N3O4S/c1-14(2)26-10-7-17(8-11-26)12-25-9-5-6-18(13-25)32-22-15(3)20-19(16(4)28)23(29)27(20)21(22)24(30)31/h15-20,28H,1,5-13H2,2-4H3,(H,30,31)/t15-,16-,18-,19-,20-/m1/s1. The number of allylic oxidation sites excluding steroid dienone is 1. The van der Waals surface area contributed by atoms with Crippen molar-refractivity contribution in [3.8, 4) is 0 Å². The number of hydrogen-bond acceptors (Lipinski definition) is 6. The van der Waals surface area contributed by atoms with Gasteiger partial charge in [0.25, 0.3) is 0 Å². The summed E-state index contributed by atoms with van der Waals surface area (Å²) in [7, 11) is 0. The van der Waals surface area contributed by atoms with Crippen molar-refractivity contribution in [2.75, 3.05) is 32.7 Å². The topological polar surface area (TPSA) is 84.3 Å². The number of amides is 1. The van der Waals surface area contributed by atoms with Gasteiger partial charge in [0.1, 0.15) is 5.70 Å². The smallest absolute Gasteiger partial charge is 0.353 e. The molecule has 4 rings (SSSR count). The van der Waals surface area contributed by atoms with E-state index in [0.717, 1.165) is 56.2 Å². The van der Waals surface area contributed by atoms with Gasteiger partial charge in [-0.2, -0.15) is 0 Å². The third kappa shape index (κ3) is 4.33. The molecule has 0 radical (unpaired) electrons. The van der Waals surface area contributed by atoms with Crippen LogP contribution in [-0.2, 0) is 9.59 Å². The summed E-state index contributed by atoms with van der Waals surface area (Å²) in [6.45, 7) is 15.1. The second-order valence-electron chi connectivity index (χ2n) is 10.1. The van der Waals surface area contributed by atoms with Crippen LogP contribution in [-0.4, -0.2) is 86.9 Å².